The van der Waals surface area contributed by atoms with Gasteiger partial charge < -0.3 is 9.73 Å². The van der Waals surface area contributed by atoms with Crippen molar-refractivity contribution in [3.63, 3.8) is 0 Å². The summed E-state index contributed by atoms with van der Waals surface area (Å²) < 4.78 is 5.47. The first-order chi connectivity index (χ1) is 10.5. The fraction of sp³-hybridized carbons (Fsp3) is 0.438. The number of nitrogens with one attached hydrogen (secondary N) is 1. The van der Waals surface area contributed by atoms with Crippen LogP contribution in [-0.4, -0.2) is 41.4 Å². The molecule has 0 unspecified atom stereocenters. The van der Waals surface area contributed by atoms with Crippen molar-refractivity contribution in [3.8, 4) is 0 Å². The van der Waals surface area contributed by atoms with Gasteiger partial charge in [-0.05, 0) is 33.2 Å². The van der Waals surface area contributed by atoms with Crippen molar-refractivity contribution in [1.29, 1.82) is 0 Å². The molecule has 0 aliphatic heterocycles. The molecule has 6 nitrogen and oxygen atoms in total. The van der Waals surface area contributed by atoms with E-state index in [1.165, 1.54) is 0 Å². The van der Waals surface area contributed by atoms with Gasteiger partial charge in [-0.15, -0.1) is 0 Å². The highest BCUT2D eigenvalue weighted by atomic mass is 16.4. The van der Waals surface area contributed by atoms with Crippen molar-refractivity contribution in [1.82, 2.24) is 20.2 Å². The molecule has 0 spiro atoms. The van der Waals surface area contributed by atoms with Crippen LogP contribution >= 0.6 is 0 Å². The Labute approximate surface area is 130 Å². The monoisotopic (exact) mass is 302 g/mol. The molecule has 2 heterocycles. The van der Waals surface area contributed by atoms with Crippen molar-refractivity contribution >= 4 is 5.91 Å². The topological polar surface area (TPSA) is 71.3 Å². The molecule has 1 N–H and O–H groups in total. The number of amides is 1. The minimum atomic E-state index is -0.243. The first-order valence-electron chi connectivity index (χ1n) is 7.34. The van der Waals surface area contributed by atoms with E-state index in [9.17, 15) is 4.79 Å². The third kappa shape index (κ3) is 3.71. The Morgan fingerprint density at radius 1 is 1.41 bits per heavy atom. The first kappa shape index (κ1) is 16.2. The third-order valence-electron chi connectivity index (χ3n) is 3.46. The summed E-state index contributed by atoms with van der Waals surface area (Å²) in [7, 11) is 3.92. The van der Waals surface area contributed by atoms with E-state index in [1.807, 2.05) is 44.1 Å². The van der Waals surface area contributed by atoms with Gasteiger partial charge in [0, 0.05) is 19.2 Å². The summed E-state index contributed by atoms with van der Waals surface area (Å²) in [6.45, 7) is 4.17. The summed E-state index contributed by atoms with van der Waals surface area (Å²) in [5.74, 6) is 0.624. The zero-order valence-corrected chi connectivity index (χ0v) is 13.5. The minimum Gasteiger partial charge on any atom is -0.435 e. The van der Waals surface area contributed by atoms with Gasteiger partial charge >= 0.3 is 0 Å². The molecule has 2 aromatic rings. The largest absolute Gasteiger partial charge is 0.435 e. The maximum atomic E-state index is 12.3. The van der Waals surface area contributed by atoms with Crippen LogP contribution in [0.5, 0.6) is 0 Å². The average Bonchev–Trinajstić information content (AvgIpc) is 2.89. The fourth-order valence-corrected chi connectivity index (χ4v) is 2.21. The van der Waals surface area contributed by atoms with Crippen molar-refractivity contribution in [2.45, 2.75) is 26.3 Å². The highest BCUT2D eigenvalue weighted by Gasteiger charge is 2.20. The molecule has 2 rings (SSSR count). The third-order valence-corrected chi connectivity index (χ3v) is 3.46. The first-order valence-corrected chi connectivity index (χ1v) is 7.34. The second-order valence-corrected chi connectivity index (χ2v) is 5.32. The normalized spacial score (nSPS) is 12.4. The van der Waals surface area contributed by atoms with Crippen LogP contribution < -0.4 is 5.32 Å². The molecule has 2 aromatic heterocycles. The highest BCUT2D eigenvalue weighted by molar-refractivity contribution is 5.92. The standard InChI is InChI=1S/C16H22N4O2/c1-5-14-19-11(2)15(22-14)16(21)18-10-13(20(3)4)12-8-6-7-9-17-12/h6-9,13H,5,10H2,1-4H3,(H,18,21)/t13-/m0/s1. The lowest BCUT2D eigenvalue weighted by molar-refractivity contribution is 0.0911. The van der Waals surface area contributed by atoms with Crippen molar-refractivity contribution in [2.75, 3.05) is 20.6 Å². The number of aryl methyl sites for hydroxylation is 2. The minimum absolute atomic E-state index is 0.000905. The van der Waals surface area contributed by atoms with E-state index in [1.54, 1.807) is 13.1 Å². The number of rotatable bonds is 6. The van der Waals surface area contributed by atoms with Crippen molar-refractivity contribution < 1.29 is 9.21 Å². The van der Waals surface area contributed by atoms with Crippen LogP contribution in [0.15, 0.2) is 28.8 Å². The number of hydrogen-bond acceptors (Lipinski definition) is 5. The molecule has 0 radical (unpaired) electrons. The zero-order chi connectivity index (χ0) is 16.1. The van der Waals surface area contributed by atoms with Crippen molar-refractivity contribution in [2.24, 2.45) is 0 Å². The Balaban J connectivity index is 2.06. The molecule has 22 heavy (non-hydrogen) atoms. The molecule has 118 valence electrons. The highest BCUT2D eigenvalue weighted by Crippen LogP contribution is 2.15. The molecular formula is C16H22N4O2. The number of hydrogen-bond donors (Lipinski definition) is 1. The van der Waals surface area contributed by atoms with Crippen molar-refractivity contribution in [3.05, 3.63) is 47.4 Å². The maximum absolute atomic E-state index is 12.3. The second kappa shape index (κ2) is 7.17. The van der Waals surface area contributed by atoms with Gasteiger partial charge in [-0.1, -0.05) is 13.0 Å². The summed E-state index contributed by atoms with van der Waals surface area (Å²) in [5.41, 5.74) is 1.53. The SMILES string of the molecule is CCc1nc(C)c(C(=O)NC[C@@H](c2ccccn2)N(C)C)o1. The molecule has 6 heteroatoms. The van der Waals surface area contributed by atoms with Crippen LogP contribution in [0.3, 0.4) is 0 Å². The molecule has 0 aliphatic rings. The zero-order valence-electron chi connectivity index (χ0n) is 13.5. The Hall–Kier alpha value is -2.21. The van der Waals surface area contributed by atoms with E-state index in [4.69, 9.17) is 4.42 Å². The van der Waals surface area contributed by atoms with Crippen LogP contribution in [0.4, 0.5) is 0 Å². The van der Waals surface area contributed by atoms with Crippen LogP contribution in [0.2, 0.25) is 0 Å². The summed E-state index contributed by atoms with van der Waals surface area (Å²) in [6.07, 6.45) is 2.42. The van der Waals surface area contributed by atoms with Gasteiger partial charge in [0.1, 0.15) is 0 Å². The van der Waals surface area contributed by atoms with Crippen LogP contribution in [0.25, 0.3) is 0 Å². The smallest absolute Gasteiger partial charge is 0.289 e. The Morgan fingerprint density at radius 3 is 2.73 bits per heavy atom. The molecule has 1 atom stereocenters. The van der Waals surface area contributed by atoms with Gasteiger partial charge in [0.2, 0.25) is 5.76 Å². The molecular weight excluding hydrogens is 280 g/mol. The van der Waals surface area contributed by atoms with Gasteiger partial charge in [-0.2, -0.15) is 0 Å². The predicted molar refractivity (Wildman–Crippen MR) is 83.6 cm³/mol. The van der Waals surface area contributed by atoms with Gasteiger partial charge in [0.15, 0.2) is 5.89 Å². The maximum Gasteiger partial charge on any atom is 0.289 e. The number of aromatic nitrogens is 2. The lowest BCUT2D eigenvalue weighted by Crippen LogP contribution is -2.35. The molecule has 1 amide bonds. The van der Waals surface area contributed by atoms with E-state index < -0.39 is 0 Å². The fourth-order valence-electron chi connectivity index (χ4n) is 2.21. The quantitative estimate of drug-likeness (QED) is 0.883. The predicted octanol–water partition coefficient (Wildman–Crippen LogP) is 1.97. The summed E-state index contributed by atoms with van der Waals surface area (Å²) in [5, 5.41) is 2.90. The number of pyridine rings is 1. The molecule has 0 bridgehead atoms. The lowest BCUT2D eigenvalue weighted by atomic mass is 10.1. The number of carbonyl (C=O) groups excluding carboxylic acids is 1. The number of nitrogens with zero attached hydrogens (tertiary/aromatic N) is 3. The molecule has 0 fully saturated rings. The van der Waals surface area contributed by atoms with E-state index in [-0.39, 0.29) is 17.7 Å². The lowest BCUT2D eigenvalue weighted by Gasteiger charge is -2.23. The van der Waals surface area contributed by atoms with E-state index in [0.29, 0.717) is 24.6 Å². The Morgan fingerprint density at radius 2 is 2.18 bits per heavy atom. The molecule has 0 saturated heterocycles. The Kier molecular flexibility index (Phi) is 5.27. The van der Waals surface area contributed by atoms with E-state index in [2.05, 4.69) is 15.3 Å². The molecule has 0 aliphatic carbocycles. The second-order valence-electron chi connectivity index (χ2n) is 5.32. The van der Waals surface area contributed by atoms with Gasteiger partial charge in [0.25, 0.3) is 5.91 Å². The average molecular weight is 302 g/mol. The van der Waals surface area contributed by atoms with E-state index in [0.717, 1.165) is 5.69 Å². The molecule has 0 saturated carbocycles. The molecule has 0 aromatic carbocycles. The van der Waals surface area contributed by atoms with Gasteiger partial charge in [-0.3, -0.25) is 14.7 Å². The number of oxazole rings is 1. The number of carbonyl (C=O) groups is 1. The summed E-state index contributed by atoms with van der Waals surface area (Å²) in [6, 6.07) is 5.76. The Bertz CT molecular complexity index is 622. The van der Waals surface area contributed by atoms with Crippen LogP contribution in [0, 0.1) is 6.92 Å². The van der Waals surface area contributed by atoms with Gasteiger partial charge in [0.05, 0.1) is 17.4 Å². The van der Waals surface area contributed by atoms with E-state index >= 15 is 0 Å². The van der Waals surface area contributed by atoms with Crippen LogP contribution in [0.1, 0.15) is 40.8 Å². The van der Waals surface area contributed by atoms with Gasteiger partial charge in [-0.25, -0.2) is 4.98 Å². The summed E-state index contributed by atoms with van der Waals surface area (Å²) >= 11 is 0. The summed E-state index contributed by atoms with van der Waals surface area (Å²) in [4.78, 5) is 22.9. The number of likely N-dealkylation sites (N-methyl/N-ethyl adjacent to an activating group) is 1. The van der Waals surface area contributed by atoms with Crippen LogP contribution in [-0.2, 0) is 6.42 Å².